The quantitative estimate of drug-likeness (QED) is 0.389. The predicted octanol–water partition coefficient (Wildman–Crippen LogP) is 5.14. The van der Waals surface area contributed by atoms with Gasteiger partial charge < -0.3 is 15.4 Å². The van der Waals surface area contributed by atoms with Gasteiger partial charge in [-0.15, -0.1) is 0 Å². The molecule has 1 saturated heterocycles. The molecule has 0 atom stereocenters. The molecule has 4 rings (SSSR count). The maximum atomic E-state index is 13.8. The van der Waals surface area contributed by atoms with Gasteiger partial charge in [0, 0.05) is 5.69 Å². The number of anilines is 2. The summed E-state index contributed by atoms with van der Waals surface area (Å²) in [5.74, 6) is -1.89. The third-order valence-electron chi connectivity index (χ3n) is 5.64. The van der Waals surface area contributed by atoms with Crippen LogP contribution in [0.2, 0.25) is 0 Å². The largest absolute Gasteiger partial charge is 0.484 e. The molecule has 1 aliphatic rings. The van der Waals surface area contributed by atoms with Crippen LogP contribution in [0.3, 0.4) is 0 Å². The minimum atomic E-state index is -0.701. The highest BCUT2D eigenvalue weighted by molar-refractivity contribution is 8.18. The molecule has 3 aromatic rings. The first kappa shape index (κ1) is 26.6. The van der Waals surface area contributed by atoms with Gasteiger partial charge in [-0.25, -0.2) is 4.39 Å². The number of carbonyl (C=O) groups excluding carboxylic acids is 4. The molecule has 3 aromatic carbocycles. The fourth-order valence-corrected chi connectivity index (χ4v) is 4.38. The van der Waals surface area contributed by atoms with Crippen molar-refractivity contribution in [2.75, 3.05) is 23.8 Å². The third-order valence-corrected chi connectivity index (χ3v) is 6.55. The van der Waals surface area contributed by atoms with E-state index in [1.807, 2.05) is 32.0 Å². The van der Waals surface area contributed by atoms with Crippen molar-refractivity contribution in [3.05, 3.63) is 94.1 Å². The monoisotopic (exact) mass is 533 g/mol. The first-order valence-corrected chi connectivity index (χ1v) is 12.4. The normalized spacial score (nSPS) is 14.1. The molecule has 8 nitrogen and oxygen atoms in total. The molecule has 0 radical (unpaired) electrons. The number of para-hydroxylation sites is 1. The fourth-order valence-electron chi connectivity index (χ4n) is 3.54. The van der Waals surface area contributed by atoms with E-state index in [-0.39, 0.29) is 23.1 Å². The van der Waals surface area contributed by atoms with Crippen molar-refractivity contribution < 1.29 is 28.3 Å². The van der Waals surface area contributed by atoms with Crippen molar-refractivity contribution in [3.8, 4) is 5.75 Å². The zero-order valence-corrected chi connectivity index (χ0v) is 21.4. The molecule has 2 N–H and O–H groups in total. The van der Waals surface area contributed by atoms with E-state index >= 15 is 0 Å². The number of hydrogen-bond acceptors (Lipinski definition) is 6. The van der Waals surface area contributed by atoms with Crippen LogP contribution >= 0.6 is 11.8 Å². The Labute approximate surface area is 222 Å². The second kappa shape index (κ2) is 11.7. The molecule has 0 aromatic heterocycles. The number of aryl methyl sites for hydroxylation is 2. The Bertz CT molecular complexity index is 1460. The van der Waals surface area contributed by atoms with Crippen LogP contribution in [0, 0.1) is 19.7 Å². The Kier molecular flexibility index (Phi) is 8.22. The number of nitrogens with zero attached hydrogens (tertiary/aromatic N) is 1. The van der Waals surface area contributed by atoms with E-state index in [0.29, 0.717) is 28.8 Å². The van der Waals surface area contributed by atoms with Crippen molar-refractivity contribution in [2.45, 2.75) is 13.8 Å². The topological polar surface area (TPSA) is 105 Å². The molecule has 0 unspecified atom stereocenters. The second-order valence-corrected chi connectivity index (χ2v) is 9.50. The van der Waals surface area contributed by atoms with Crippen molar-refractivity contribution in [3.63, 3.8) is 0 Å². The summed E-state index contributed by atoms with van der Waals surface area (Å²) >= 11 is 0.695. The smallest absolute Gasteiger partial charge is 0.294 e. The molecule has 10 heteroatoms. The number of imide groups is 1. The van der Waals surface area contributed by atoms with E-state index in [0.717, 1.165) is 16.0 Å². The summed E-state index contributed by atoms with van der Waals surface area (Å²) in [5.41, 5.74) is 3.39. The molecule has 0 aliphatic carbocycles. The summed E-state index contributed by atoms with van der Waals surface area (Å²) in [6.07, 6.45) is 1.50. The number of hydrogen-bond donors (Lipinski definition) is 2. The Morgan fingerprint density at radius 1 is 0.947 bits per heavy atom. The molecule has 194 valence electrons. The maximum absolute atomic E-state index is 13.8. The SMILES string of the molecule is Cc1ccc(NC(=O)COc2cccc(/C=C3\SC(=O)N(CC(=O)Nc4ccccc4F)C3=O)c2)cc1C. The van der Waals surface area contributed by atoms with Crippen molar-refractivity contribution >= 4 is 52.2 Å². The molecule has 0 saturated carbocycles. The van der Waals surface area contributed by atoms with Crippen LogP contribution in [-0.2, 0) is 14.4 Å². The average molecular weight is 534 g/mol. The molecule has 1 aliphatic heterocycles. The first-order valence-electron chi connectivity index (χ1n) is 11.6. The Morgan fingerprint density at radius 2 is 1.74 bits per heavy atom. The van der Waals surface area contributed by atoms with Crippen LogP contribution < -0.4 is 15.4 Å². The summed E-state index contributed by atoms with van der Waals surface area (Å²) in [6.45, 7) is 3.18. The van der Waals surface area contributed by atoms with Crippen molar-refractivity contribution in [1.82, 2.24) is 4.90 Å². The number of nitrogens with one attached hydrogen (secondary N) is 2. The van der Waals surface area contributed by atoms with Gasteiger partial charge in [-0.05, 0) is 84.8 Å². The van der Waals surface area contributed by atoms with Gasteiger partial charge in [0.05, 0.1) is 10.6 Å². The minimum absolute atomic E-state index is 0.0421. The van der Waals surface area contributed by atoms with Gasteiger partial charge in [0.15, 0.2) is 6.61 Å². The molecule has 38 heavy (non-hydrogen) atoms. The standard InChI is InChI=1S/C28H24FN3O5S/c1-17-10-11-20(12-18(17)2)30-26(34)16-37-21-7-5-6-19(13-21)14-24-27(35)32(28(36)38-24)15-25(33)31-23-9-4-3-8-22(23)29/h3-14H,15-16H2,1-2H3,(H,30,34)(H,31,33)/b24-14-. The Hall–Kier alpha value is -4.44. The minimum Gasteiger partial charge on any atom is -0.484 e. The number of amides is 4. The van der Waals surface area contributed by atoms with E-state index in [2.05, 4.69) is 10.6 Å². The van der Waals surface area contributed by atoms with Gasteiger partial charge >= 0.3 is 0 Å². The van der Waals surface area contributed by atoms with Gasteiger partial charge in [0.2, 0.25) is 5.91 Å². The van der Waals surface area contributed by atoms with Gasteiger partial charge in [0.25, 0.3) is 17.1 Å². The van der Waals surface area contributed by atoms with E-state index in [1.165, 1.54) is 24.3 Å². The number of thioether (sulfide) groups is 1. The van der Waals surface area contributed by atoms with Crippen LogP contribution in [0.4, 0.5) is 20.6 Å². The van der Waals surface area contributed by atoms with E-state index in [9.17, 15) is 23.6 Å². The number of carbonyl (C=O) groups is 4. The molecular weight excluding hydrogens is 509 g/mol. The lowest BCUT2D eigenvalue weighted by molar-refractivity contribution is -0.127. The van der Waals surface area contributed by atoms with Crippen LogP contribution in [0.15, 0.2) is 71.6 Å². The van der Waals surface area contributed by atoms with E-state index in [1.54, 1.807) is 30.3 Å². The van der Waals surface area contributed by atoms with Gasteiger partial charge in [-0.2, -0.15) is 0 Å². The number of ether oxygens (including phenoxy) is 1. The molecule has 1 heterocycles. The number of benzene rings is 3. The lowest BCUT2D eigenvalue weighted by Gasteiger charge is -2.12. The van der Waals surface area contributed by atoms with Crippen molar-refractivity contribution in [2.24, 2.45) is 0 Å². The van der Waals surface area contributed by atoms with E-state index in [4.69, 9.17) is 4.74 Å². The molecule has 4 amide bonds. The summed E-state index contributed by atoms with van der Waals surface area (Å²) < 4.78 is 19.4. The van der Waals surface area contributed by atoms with Crippen LogP contribution in [0.1, 0.15) is 16.7 Å². The highest BCUT2D eigenvalue weighted by Gasteiger charge is 2.36. The summed E-state index contributed by atoms with van der Waals surface area (Å²) in [5, 5.41) is 4.53. The average Bonchev–Trinajstić information content (AvgIpc) is 3.14. The van der Waals surface area contributed by atoms with E-state index < -0.39 is 29.4 Å². The summed E-state index contributed by atoms with van der Waals surface area (Å²) in [4.78, 5) is 50.7. The lowest BCUT2D eigenvalue weighted by atomic mass is 10.1. The summed E-state index contributed by atoms with van der Waals surface area (Å²) in [7, 11) is 0. The second-order valence-electron chi connectivity index (χ2n) is 8.50. The number of halogens is 1. The van der Waals surface area contributed by atoms with Crippen molar-refractivity contribution in [1.29, 1.82) is 0 Å². The first-order chi connectivity index (χ1) is 18.2. The van der Waals surface area contributed by atoms with Gasteiger partial charge in [0.1, 0.15) is 18.1 Å². The third kappa shape index (κ3) is 6.65. The summed E-state index contributed by atoms with van der Waals surface area (Å²) in [6, 6.07) is 17.9. The molecule has 1 fully saturated rings. The number of rotatable bonds is 8. The van der Waals surface area contributed by atoms with Crippen LogP contribution in [-0.4, -0.2) is 41.0 Å². The zero-order chi connectivity index (χ0) is 27.2. The fraction of sp³-hybridized carbons (Fsp3) is 0.143. The van der Waals surface area contributed by atoms with Crippen LogP contribution in [0.5, 0.6) is 5.75 Å². The molecule has 0 spiro atoms. The van der Waals surface area contributed by atoms with Crippen LogP contribution in [0.25, 0.3) is 6.08 Å². The molecule has 0 bridgehead atoms. The maximum Gasteiger partial charge on any atom is 0.294 e. The van der Waals surface area contributed by atoms with Gasteiger partial charge in [-0.3, -0.25) is 24.1 Å². The Morgan fingerprint density at radius 3 is 2.50 bits per heavy atom. The highest BCUT2D eigenvalue weighted by Crippen LogP contribution is 2.32. The lowest BCUT2D eigenvalue weighted by Crippen LogP contribution is -2.36. The molecular formula is C28H24FN3O5S. The highest BCUT2D eigenvalue weighted by atomic mass is 32.2. The predicted molar refractivity (Wildman–Crippen MR) is 144 cm³/mol. The van der Waals surface area contributed by atoms with Gasteiger partial charge in [-0.1, -0.05) is 30.3 Å². The zero-order valence-electron chi connectivity index (χ0n) is 20.6. The Balaban J connectivity index is 1.35.